The quantitative estimate of drug-likeness (QED) is 0.537. The Bertz CT molecular complexity index is 914. The number of carbonyl (C=O) groups excluding carboxylic acids is 1. The molecule has 1 aliphatic rings. The number of fused-ring (bicyclic) bond motifs is 2. The first-order valence-electron chi connectivity index (χ1n) is 7.57. The molecule has 120 valence electrons. The summed E-state index contributed by atoms with van der Waals surface area (Å²) in [6.45, 7) is 1.04. The van der Waals surface area contributed by atoms with Gasteiger partial charge < -0.3 is 9.47 Å². The van der Waals surface area contributed by atoms with Crippen molar-refractivity contribution in [2.75, 3.05) is 19.0 Å². The molecule has 0 saturated heterocycles. The average molecular weight is 338 g/mol. The van der Waals surface area contributed by atoms with Crippen molar-refractivity contribution in [2.45, 2.75) is 5.03 Å². The van der Waals surface area contributed by atoms with E-state index >= 15 is 0 Å². The van der Waals surface area contributed by atoms with Gasteiger partial charge in [0, 0.05) is 5.56 Å². The van der Waals surface area contributed by atoms with Crippen molar-refractivity contribution in [3.8, 4) is 11.5 Å². The zero-order chi connectivity index (χ0) is 16.4. The minimum Gasteiger partial charge on any atom is -0.486 e. The molecule has 1 aromatic heterocycles. The van der Waals surface area contributed by atoms with Gasteiger partial charge in [-0.1, -0.05) is 23.9 Å². The van der Waals surface area contributed by atoms with E-state index in [1.807, 2.05) is 24.3 Å². The smallest absolute Gasteiger partial charge is 0.173 e. The molecule has 0 N–H and O–H groups in total. The highest BCUT2D eigenvalue weighted by Gasteiger charge is 2.15. The number of thioether (sulfide) groups is 1. The molecule has 2 heterocycles. The van der Waals surface area contributed by atoms with E-state index in [-0.39, 0.29) is 5.78 Å². The van der Waals surface area contributed by atoms with Crippen LogP contribution in [-0.4, -0.2) is 34.7 Å². The minimum absolute atomic E-state index is 0.0203. The molecule has 0 bridgehead atoms. The van der Waals surface area contributed by atoms with Crippen LogP contribution >= 0.6 is 11.8 Å². The molecule has 3 aromatic rings. The zero-order valence-corrected chi connectivity index (χ0v) is 13.6. The number of carbonyl (C=O) groups is 1. The number of hydrogen-bond acceptors (Lipinski definition) is 6. The number of ketones is 1. The maximum atomic E-state index is 12.4. The van der Waals surface area contributed by atoms with Crippen LogP contribution in [0.25, 0.3) is 11.0 Å². The Morgan fingerprint density at radius 2 is 1.83 bits per heavy atom. The molecule has 24 heavy (non-hydrogen) atoms. The first kappa shape index (κ1) is 15.0. The summed E-state index contributed by atoms with van der Waals surface area (Å²) in [6.07, 6.45) is 1.70. The Morgan fingerprint density at radius 1 is 1.04 bits per heavy atom. The molecule has 0 aliphatic carbocycles. The van der Waals surface area contributed by atoms with Crippen LogP contribution in [0, 0.1) is 0 Å². The van der Waals surface area contributed by atoms with Crippen LogP contribution in [0.15, 0.2) is 53.7 Å². The maximum absolute atomic E-state index is 12.4. The first-order chi connectivity index (χ1) is 11.8. The van der Waals surface area contributed by atoms with Crippen LogP contribution in [0.2, 0.25) is 0 Å². The van der Waals surface area contributed by atoms with Gasteiger partial charge in [0.05, 0.1) is 23.0 Å². The van der Waals surface area contributed by atoms with Gasteiger partial charge in [0.15, 0.2) is 17.3 Å². The normalized spacial score (nSPS) is 13.0. The first-order valence-corrected chi connectivity index (χ1v) is 8.55. The summed E-state index contributed by atoms with van der Waals surface area (Å²) in [5.41, 5.74) is 2.29. The van der Waals surface area contributed by atoms with Gasteiger partial charge >= 0.3 is 0 Å². The van der Waals surface area contributed by atoms with E-state index in [0.717, 1.165) is 16.1 Å². The van der Waals surface area contributed by atoms with Crippen LogP contribution in [0.1, 0.15) is 10.4 Å². The lowest BCUT2D eigenvalue weighted by Gasteiger charge is -2.18. The number of rotatable bonds is 4. The van der Waals surface area contributed by atoms with E-state index in [1.165, 1.54) is 11.8 Å². The van der Waals surface area contributed by atoms with E-state index in [9.17, 15) is 4.79 Å². The zero-order valence-electron chi connectivity index (χ0n) is 12.8. The second kappa shape index (κ2) is 6.49. The third-order valence-electron chi connectivity index (χ3n) is 3.64. The van der Waals surface area contributed by atoms with Crippen molar-refractivity contribution < 1.29 is 14.3 Å². The van der Waals surface area contributed by atoms with Gasteiger partial charge in [-0.25, -0.2) is 4.98 Å². The van der Waals surface area contributed by atoms with Gasteiger partial charge in [-0.15, -0.1) is 0 Å². The molecule has 0 amide bonds. The van der Waals surface area contributed by atoms with Crippen LogP contribution in [0.3, 0.4) is 0 Å². The van der Waals surface area contributed by atoms with Gasteiger partial charge in [-0.05, 0) is 30.3 Å². The van der Waals surface area contributed by atoms with Crippen molar-refractivity contribution >= 4 is 28.6 Å². The van der Waals surface area contributed by atoms with Gasteiger partial charge in [0.25, 0.3) is 0 Å². The summed E-state index contributed by atoms with van der Waals surface area (Å²) in [5.74, 6) is 1.63. The highest BCUT2D eigenvalue weighted by atomic mass is 32.2. The number of benzene rings is 2. The monoisotopic (exact) mass is 338 g/mol. The lowest BCUT2D eigenvalue weighted by molar-refractivity contribution is 0.102. The minimum atomic E-state index is 0.0203. The molecule has 2 aromatic carbocycles. The summed E-state index contributed by atoms with van der Waals surface area (Å²) in [6, 6.07) is 13.0. The molecule has 0 spiro atoms. The van der Waals surface area contributed by atoms with Crippen LogP contribution in [0.5, 0.6) is 11.5 Å². The van der Waals surface area contributed by atoms with Gasteiger partial charge in [-0.2, -0.15) is 0 Å². The lowest BCUT2D eigenvalue weighted by atomic mass is 10.1. The van der Waals surface area contributed by atoms with Gasteiger partial charge in [-0.3, -0.25) is 9.78 Å². The lowest BCUT2D eigenvalue weighted by Crippen LogP contribution is -2.16. The predicted molar refractivity (Wildman–Crippen MR) is 92.0 cm³/mol. The SMILES string of the molecule is O=C(CSc1cnc2ccccc2n1)c1ccc2c(c1)OCCO2. The fraction of sp³-hybridized carbons (Fsp3) is 0.167. The molecule has 0 fully saturated rings. The highest BCUT2D eigenvalue weighted by molar-refractivity contribution is 7.99. The molecular weight excluding hydrogens is 324 g/mol. The third-order valence-corrected chi connectivity index (χ3v) is 4.54. The number of para-hydroxylation sites is 2. The summed E-state index contributed by atoms with van der Waals surface area (Å²) in [5, 5.41) is 0.736. The summed E-state index contributed by atoms with van der Waals surface area (Å²) < 4.78 is 11.0. The van der Waals surface area contributed by atoms with E-state index in [2.05, 4.69) is 9.97 Å². The predicted octanol–water partition coefficient (Wildman–Crippen LogP) is 3.38. The Balaban J connectivity index is 1.47. The molecule has 0 unspecified atom stereocenters. The van der Waals surface area contributed by atoms with Crippen molar-refractivity contribution in [1.82, 2.24) is 9.97 Å². The Kier molecular flexibility index (Phi) is 4.04. The second-order valence-corrected chi connectivity index (χ2v) is 6.26. The van der Waals surface area contributed by atoms with Crippen LogP contribution in [-0.2, 0) is 0 Å². The summed E-state index contributed by atoms with van der Waals surface area (Å²) in [7, 11) is 0. The topological polar surface area (TPSA) is 61.3 Å². The molecule has 6 heteroatoms. The van der Waals surface area contributed by atoms with Crippen LogP contribution in [0.4, 0.5) is 0 Å². The Morgan fingerprint density at radius 3 is 2.71 bits per heavy atom. The van der Waals surface area contributed by atoms with Crippen molar-refractivity contribution in [1.29, 1.82) is 0 Å². The number of hydrogen-bond donors (Lipinski definition) is 0. The molecule has 0 atom stereocenters. The second-order valence-electron chi connectivity index (χ2n) is 5.27. The molecule has 1 aliphatic heterocycles. The van der Waals surface area contributed by atoms with Gasteiger partial charge in [0.1, 0.15) is 18.2 Å². The molecule has 4 rings (SSSR count). The fourth-order valence-corrected chi connectivity index (χ4v) is 3.19. The third kappa shape index (κ3) is 3.05. The number of Topliss-reactive ketones (excluding diaryl/α,β-unsaturated/α-hetero) is 1. The number of ether oxygens (including phenoxy) is 2. The van der Waals surface area contributed by atoms with Crippen molar-refractivity contribution in [2.24, 2.45) is 0 Å². The summed E-state index contributed by atoms with van der Waals surface area (Å²) >= 11 is 1.38. The van der Waals surface area contributed by atoms with E-state index in [4.69, 9.17) is 9.47 Å². The van der Waals surface area contributed by atoms with Crippen molar-refractivity contribution in [3.63, 3.8) is 0 Å². The van der Waals surface area contributed by atoms with Crippen molar-refractivity contribution in [3.05, 3.63) is 54.2 Å². The van der Waals surface area contributed by atoms with Crippen LogP contribution < -0.4 is 9.47 Å². The summed E-state index contributed by atoms with van der Waals surface area (Å²) in [4.78, 5) is 21.3. The van der Waals surface area contributed by atoms with E-state index in [0.29, 0.717) is 36.0 Å². The largest absolute Gasteiger partial charge is 0.486 e. The van der Waals surface area contributed by atoms with E-state index < -0.39 is 0 Å². The standard InChI is InChI=1S/C18H14N2O3S/c21-15(12-5-6-16-17(9-12)23-8-7-22-16)11-24-18-10-19-13-3-1-2-4-14(13)20-18/h1-6,9-10H,7-8,11H2. The molecule has 5 nitrogen and oxygen atoms in total. The highest BCUT2D eigenvalue weighted by Crippen LogP contribution is 2.31. The average Bonchev–Trinajstić information content (AvgIpc) is 2.65. The molecule has 0 saturated carbocycles. The van der Waals surface area contributed by atoms with E-state index in [1.54, 1.807) is 24.4 Å². The Labute approximate surface area is 143 Å². The Hall–Kier alpha value is -2.60. The number of nitrogens with zero attached hydrogens (tertiary/aromatic N) is 2. The maximum Gasteiger partial charge on any atom is 0.173 e. The van der Waals surface area contributed by atoms with Gasteiger partial charge in [0.2, 0.25) is 0 Å². The fourth-order valence-electron chi connectivity index (χ4n) is 2.45. The molecule has 0 radical (unpaired) electrons. The molecular formula is C18H14N2O3S. The number of aromatic nitrogens is 2.